The Morgan fingerprint density at radius 2 is 2.00 bits per heavy atom. The number of nitrogens with one attached hydrogen (secondary N) is 3. The van der Waals surface area contributed by atoms with Crippen molar-refractivity contribution in [3.05, 3.63) is 46.6 Å². The Kier molecular flexibility index (Phi) is 5.83. The maximum absolute atomic E-state index is 12.8. The molecule has 1 atom stereocenters. The molecule has 1 fully saturated rings. The maximum Gasteiger partial charge on any atom is 0.321 e. The van der Waals surface area contributed by atoms with Crippen LogP contribution in [0.5, 0.6) is 5.75 Å². The summed E-state index contributed by atoms with van der Waals surface area (Å²) in [7, 11) is 1.59. The third-order valence-corrected chi connectivity index (χ3v) is 7.52. The van der Waals surface area contributed by atoms with Crippen molar-refractivity contribution in [3.63, 3.8) is 0 Å². The number of amides is 5. The number of para-hydroxylation sites is 1. The molecule has 1 saturated heterocycles. The fourth-order valence-corrected chi connectivity index (χ4v) is 5.39. The fraction of sp³-hybridized carbons (Fsp3) is 0.333. The fourth-order valence-electron chi connectivity index (χ4n) is 4.35. The van der Waals surface area contributed by atoms with Crippen LogP contribution in [0.3, 0.4) is 0 Å². The predicted molar refractivity (Wildman–Crippen MR) is 132 cm³/mol. The quantitative estimate of drug-likeness (QED) is 0.450. The van der Waals surface area contributed by atoms with Gasteiger partial charge >= 0.3 is 6.03 Å². The van der Waals surface area contributed by atoms with Crippen molar-refractivity contribution >= 4 is 51.1 Å². The van der Waals surface area contributed by atoms with E-state index < -0.39 is 23.5 Å². The van der Waals surface area contributed by atoms with Gasteiger partial charge < -0.3 is 15.0 Å². The van der Waals surface area contributed by atoms with Gasteiger partial charge in [-0.15, -0.1) is 11.3 Å². The highest BCUT2D eigenvalue weighted by Crippen LogP contribution is 2.34. The zero-order valence-electron chi connectivity index (χ0n) is 19.9. The smallest absolute Gasteiger partial charge is 0.321 e. The van der Waals surface area contributed by atoms with Crippen molar-refractivity contribution in [1.29, 1.82) is 0 Å². The van der Waals surface area contributed by atoms with Gasteiger partial charge in [-0.05, 0) is 44.5 Å². The van der Waals surface area contributed by atoms with Gasteiger partial charge in [0.1, 0.15) is 28.1 Å². The topological polar surface area (TPSA) is 143 Å². The highest BCUT2D eigenvalue weighted by molar-refractivity contribution is 7.18. The lowest BCUT2D eigenvalue weighted by molar-refractivity contribution is -0.136. The van der Waals surface area contributed by atoms with E-state index in [0.717, 1.165) is 10.2 Å². The molecular weight excluding hydrogens is 484 g/mol. The number of rotatable bonds is 5. The molecule has 12 heteroatoms. The maximum atomic E-state index is 12.8. The van der Waals surface area contributed by atoms with Crippen LogP contribution in [0.2, 0.25) is 0 Å². The van der Waals surface area contributed by atoms with Gasteiger partial charge in [0.15, 0.2) is 0 Å². The molecular formula is C24H24N6O5S. The normalized spacial score (nSPS) is 17.7. The number of carbonyl (C=O) groups is 4. The lowest BCUT2D eigenvalue weighted by atomic mass is 10.0. The lowest BCUT2D eigenvalue weighted by Gasteiger charge is -2.29. The third-order valence-electron chi connectivity index (χ3n) is 6.18. The van der Waals surface area contributed by atoms with E-state index in [9.17, 15) is 19.2 Å². The molecule has 0 bridgehead atoms. The van der Waals surface area contributed by atoms with Gasteiger partial charge in [0.05, 0.1) is 35.2 Å². The molecule has 4 heterocycles. The summed E-state index contributed by atoms with van der Waals surface area (Å²) in [6.45, 7) is 3.82. The van der Waals surface area contributed by atoms with Crippen LogP contribution in [-0.2, 0) is 21.7 Å². The number of aromatic nitrogens is 2. The van der Waals surface area contributed by atoms with Crippen molar-refractivity contribution in [2.24, 2.45) is 0 Å². The molecule has 5 amide bonds. The number of piperidine rings is 1. The number of ether oxygens (including phenoxy) is 1. The summed E-state index contributed by atoms with van der Waals surface area (Å²) in [5, 5.41) is 8.62. The SMILES string of the molecule is COc1cccc2sc(C(C)(C)NC(=O)Nc3ccc4c(n3)CN(C3CCC(=O)NC3=O)C4=O)nc12. The standard InChI is InChI=1S/C24H24N6O5S/c1-24(2,22-28-19-15(35-3)5-4-6-16(19)36-22)29-23(34)26-17-9-7-12-13(25-17)11-30(21(12)33)14-8-10-18(31)27-20(14)32/h4-7,9,14H,8,10-11H2,1-3H3,(H,27,31,32)(H2,25,26,29,34). The molecule has 0 radical (unpaired) electrons. The van der Waals surface area contributed by atoms with Crippen molar-refractivity contribution in [2.45, 2.75) is 44.8 Å². The molecule has 0 saturated carbocycles. The van der Waals surface area contributed by atoms with E-state index in [1.54, 1.807) is 19.2 Å². The first-order valence-electron chi connectivity index (χ1n) is 11.3. The molecule has 0 aliphatic carbocycles. The molecule has 1 unspecified atom stereocenters. The summed E-state index contributed by atoms with van der Waals surface area (Å²) in [5.74, 6) is -0.219. The number of thiazole rings is 1. The molecule has 11 nitrogen and oxygen atoms in total. The van der Waals surface area contributed by atoms with Crippen molar-refractivity contribution in [3.8, 4) is 5.75 Å². The molecule has 36 heavy (non-hydrogen) atoms. The van der Waals surface area contributed by atoms with Gasteiger partial charge in [-0.3, -0.25) is 25.0 Å². The Balaban J connectivity index is 1.28. The summed E-state index contributed by atoms with van der Waals surface area (Å²) in [6.07, 6.45) is 0.443. The molecule has 0 spiro atoms. The van der Waals surface area contributed by atoms with E-state index in [1.165, 1.54) is 16.2 Å². The highest BCUT2D eigenvalue weighted by atomic mass is 32.1. The molecule has 2 aliphatic heterocycles. The first-order valence-corrected chi connectivity index (χ1v) is 12.2. The zero-order valence-corrected chi connectivity index (χ0v) is 20.7. The van der Waals surface area contributed by atoms with Crippen LogP contribution in [0, 0.1) is 0 Å². The van der Waals surface area contributed by atoms with Crippen LogP contribution in [0.4, 0.5) is 10.6 Å². The van der Waals surface area contributed by atoms with E-state index >= 15 is 0 Å². The second kappa shape index (κ2) is 8.86. The molecule has 3 N–H and O–H groups in total. The number of methoxy groups -OCH3 is 1. The number of nitrogens with zero attached hydrogens (tertiary/aromatic N) is 3. The van der Waals surface area contributed by atoms with Crippen LogP contribution < -0.4 is 20.7 Å². The van der Waals surface area contributed by atoms with Crippen molar-refractivity contribution in [1.82, 2.24) is 25.5 Å². The van der Waals surface area contributed by atoms with Crippen molar-refractivity contribution < 1.29 is 23.9 Å². The van der Waals surface area contributed by atoms with Gasteiger partial charge in [-0.2, -0.15) is 0 Å². The summed E-state index contributed by atoms with van der Waals surface area (Å²) in [6, 6.07) is 7.59. The molecule has 2 aliphatic rings. The highest BCUT2D eigenvalue weighted by Gasteiger charge is 2.40. The number of anilines is 1. The van der Waals surface area contributed by atoms with Crippen LogP contribution in [0.1, 0.15) is 47.7 Å². The second-order valence-electron chi connectivity index (χ2n) is 9.12. The minimum absolute atomic E-state index is 0.122. The summed E-state index contributed by atoms with van der Waals surface area (Å²) in [5.41, 5.74) is 0.781. The Hall–Kier alpha value is -4.06. The molecule has 3 aromatic rings. The summed E-state index contributed by atoms with van der Waals surface area (Å²) in [4.78, 5) is 59.8. The van der Waals surface area contributed by atoms with E-state index in [-0.39, 0.29) is 37.0 Å². The van der Waals surface area contributed by atoms with Crippen molar-refractivity contribution in [2.75, 3.05) is 12.4 Å². The number of urea groups is 1. The van der Waals surface area contributed by atoms with Gasteiger partial charge in [0.2, 0.25) is 11.8 Å². The van der Waals surface area contributed by atoms with Crippen LogP contribution >= 0.6 is 11.3 Å². The zero-order chi connectivity index (χ0) is 25.6. The number of hydrogen-bond acceptors (Lipinski definition) is 8. The number of fused-ring (bicyclic) bond motifs is 2. The molecule has 1 aromatic carbocycles. The number of pyridine rings is 1. The van der Waals surface area contributed by atoms with Gasteiger partial charge in [0, 0.05) is 6.42 Å². The summed E-state index contributed by atoms with van der Waals surface area (Å²) >= 11 is 1.47. The Labute approximate surface area is 210 Å². The number of benzene rings is 1. The third kappa shape index (κ3) is 4.24. The minimum Gasteiger partial charge on any atom is -0.494 e. The second-order valence-corrected chi connectivity index (χ2v) is 10.2. The van der Waals surface area contributed by atoms with Gasteiger partial charge in [0.25, 0.3) is 5.91 Å². The Morgan fingerprint density at radius 1 is 1.19 bits per heavy atom. The van der Waals surface area contributed by atoms with E-state index in [2.05, 4.69) is 25.9 Å². The average Bonchev–Trinajstić information content (AvgIpc) is 3.40. The largest absolute Gasteiger partial charge is 0.494 e. The Morgan fingerprint density at radius 3 is 2.75 bits per heavy atom. The predicted octanol–water partition coefficient (Wildman–Crippen LogP) is 2.52. The lowest BCUT2D eigenvalue weighted by Crippen LogP contribution is -2.52. The molecule has 2 aromatic heterocycles. The average molecular weight is 509 g/mol. The Bertz CT molecular complexity index is 1420. The van der Waals surface area contributed by atoms with E-state index in [0.29, 0.717) is 22.0 Å². The van der Waals surface area contributed by atoms with E-state index in [4.69, 9.17) is 4.74 Å². The van der Waals surface area contributed by atoms with Crippen LogP contribution in [0.15, 0.2) is 30.3 Å². The van der Waals surface area contributed by atoms with E-state index in [1.807, 2.05) is 32.0 Å². The first-order chi connectivity index (χ1) is 17.2. The monoisotopic (exact) mass is 508 g/mol. The van der Waals surface area contributed by atoms with Crippen LogP contribution in [0.25, 0.3) is 10.2 Å². The number of hydrogen-bond donors (Lipinski definition) is 3. The minimum atomic E-state index is -0.784. The van der Waals surface area contributed by atoms with Gasteiger partial charge in [-0.25, -0.2) is 14.8 Å². The number of imide groups is 1. The molecule has 5 rings (SSSR count). The van der Waals surface area contributed by atoms with Crippen LogP contribution in [-0.4, -0.2) is 51.8 Å². The van der Waals surface area contributed by atoms with Gasteiger partial charge in [-0.1, -0.05) is 6.07 Å². The summed E-state index contributed by atoms with van der Waals surface area (Å²) < 4.78 is 6.34. The molecule has 186 valence electrons. The first kappa shape index (κ1) is 23.7. The number of carbonyl (C=O) groups excluding carboxylic acids is 4.